The van der Waals surface area contributed by atoms with Crippen LogP contribution in [0.2, 0.25) is 0 Å². The van der Waals surface area contributed by atoms with Gasteiger partial charge < -0.3 is 5.11 Å². The summed E-state index contributed by atoms with van der Waals surface area (Å²) in [5, 5.41) is 7.60. The fourth-order valence-corrected chi connectivity index (χ4v) is 0.632. The van der Waals surface area contributed by atoms with Crippen molar-refractivity contribution in [3.8, 4) is 0 Å². The van der Waals surface area contributed by atoms with E-state index in [1.807, 2.05) is 35.0 Å². The van der Waals surface area contributed by atoms with Crippen molar-refractivity contribution >= 4 is 5.97 Å². The summed E-state index contributed by atoms with van der Waals surface area (Å²) in [6.07, 6.45) is 1.15. The van der Waals surface area contributed by atoms with E-state index < -0.39 is 5.97 Å². The van der Waals surface area contributed by atoms with Gasteiger partial charge in [0.1, 0.15) is 6.10 Å². The Bertz CT molecular complexity index is 164. The number of carboxylic acid groups (broad SMARTS) is 1. The number of hydrogen-bond donors (Lipinski definition) is 1. The maximum absolute atomic E-state index is 9.25. The standard InChI is InChI=1S/C6H16NO.C3H4O2.Ti/c1-6(2)8-7(3,4)5;1-2-3(4)5;/h6H,1-5H3;2H,1H2,(H,4,5);/q+1;;. The van der Waals surface area contributed by atoms with Crippen LogP contribution in [0.5, 0.6) is 0 Å². The fraction of sp³-hybridized carbons (Fsp3) is 0.667. The Morgan fingerprint density at radius 1 is 1.43 bits per heavy atom. The summed E-state index contributed by atoms with van der Waals surface area (Å²) < 4.78 is 0.581. The Morgan fingerprint density at radius 3 is 1.71 bits per heavy atom. The van der Waals surface area contributed by atoms with E-state index in [4.69, 9.17) is 9.94 Å². The van der Waals surface area contributed by atoms with Gasteiger partial charge in [0.2, 0.25) is 0 Å². The number of hydroxylamine groups is 3. The normalized spacial score (nSPS) is 9.57. The Morgan fingerprint density at radius 2 is 1.71 bits per heavy atom. The second-order valence-corrected chi connectivity index (χ2v) is 3.59. The van der Waals surface area contributed by atoms with Crippen molar-refractivity contribution in [2.45, 2.75) is 20.0 Å². The van der Waals surface area contributed by atoms with Gasteiger partial charge in [-0.3, -0.25) is 0 Å². The van der Waals surface area contributed by atoms with E-state index in [0.29, 0.717) is 10.8 Å². The molecule has 0 rings (SSSR count). The van der Waals surface area contributed by atoms with Crippen molar-refractivity contribution in [1.82, 2.24) is 0 Å². The van der Waals surface area contributed by atoms with Crippen LogP contribution in [0.25, 0.3) is 0 Å². The molecule has 0 aromatic carbocycles. The molecule has 4 nitrogen and oxygen atoms in total. The quantitative estimate of drug-likeness (QED) is 0.349. The van der Waals surface area contributed by atoms with Crippen molar-refractivity contribution in [2.75, 3.05) is 21.1 Å². The van der Waals surface area contributed by atoms with E-state index >= 15 is 0 Å². The van der Waals surface area contributed by atoms with Crippen LogP contribution in [0.3, 0.4) is 0 Å². The molecule has 0 aromatic rings. The zero-order valence-electron chi connectivity index (χ0n) is 9.57. The predicted molar refractivity (Wildman–Crippen MR) is 52.1 cm³/mol. The molecule has 5 heteroatoms. The fourth-order valence-electron chi connectivity index (χ4n) is 0.632. The van der Waals surface area contributed by atoms with Crippen molar-refractivity contribution in [3.05, 3.63) is 12.7 Å². The summed E-state index contributed by atoms with van der Waals surface area (Å²) in [6.45, 7) is 7.02. The maximum atomic E-state index is 9.25. The monoisotopic (exact) mass is 238 g/mol. The summed E-state index contributed by atoms with van der Waals surface area (Å²) in [7, 11) is 6.00. The molecular formula is C9H20NO3Ti+. The average molecular weight is 238 g/mol. The van der Waals surface area contributed by atoms with Crippen LogP contribution in [0.1, 0.15) is 13.8 Å². The maximum Gasteiger partial charge on any atom is 0.327 e. The van der Waals surface area contributed by atoms with Gasteiger partial charge in [0, 0.05) is 27.8 Å². The number of carbonyl (C=O) groups is 1. The van der Waals surface area contributed by atoms with Gasteiger partial charge in [-0.15, -0.1) is 0 Å². The van der Waals surface area contributed by atoms with Crippen LogP contribution in [0.15, 0.2) is 12.7 Å². The van der Waals surface area contributed by atoms with Gasteiger partial charge in [0.15, 0.2) is 0 Å². The summed E-state index contributed by atoms with van der Waals surface area (Å²) in [4.78, 5) is 14.6. The summed E-state index contributed by atoms with van der Waals surface area (Å²) >= 11 is 0. The Balaban J connectivity index is -0.000000177. The first-order valence-corrected chi connectivity index (χ1v) is 4.04. The van der Waals surface area contributed by atoms with Crippen LogP contribution < -0.4 is 0 Å². The zero-order valence-corrected chi connectivity index (χ0v) is 11.1. The molecule has 0 fully saturated rings. The minimum absolute atomic E-state index is 0. The van der Waals surface area contributed by atoms with Gasteiger partial charge in [0.25, 0.3) is 0 Å². The van der Waals surface area contributed by atoms with Crippen LogP contribution in [-0.2, 0) is 31.3 Å². The van der Waals surface area contributed by atoms with E-state index in [2.05, 4.69) is 6.58 Å². The molecule has 0 heterocycles. The third kappa shape index (κ3) is 29.7. The van der Waals surface area contributed by atoms with Gasteiger partial charge in [-0.1, -0.05) is 6.58 Å². The largest absolute Gasteiger partial charge is 0.478 e. The molecule has 0 atom stereocenters. The number of carboxylic acids is 1. The van der Waals surface area contributed by atoms with E-state index in [0.717, 1.165) is 6.08 Å². The van der Waals surface area contributed by atoms with Crippen molar-refractivity contribution in [1.29, 1.82) is 0 Å². The van der Waals surface area contributed by atoms with Gasteiger partial charge in [-0.05, 0) is 13.8 Å². The van der Waals surface area contributed by atoms with Crippen molar-refractivity contribution < 1.29 is 41.1 Å². The molecule has 14 heavy (non-hydrogen) atoms. The number of aliphatic carboxylic acids is 1. The van der Waals surface area contributed by atoms with Gasteiger partial charge in [0.05, 0.1) is 21.1 Å². The molecule has 0 bridgehead atoms. The van der Waals surface area contributed by atoms with Crippen molar-refractivity contribution in [3.63, 3.8) is 0 Å². The van der Waals surface area contributed by atoms with Gasteiger partial charge >= 0.3 is 5.97 Å². The smallest absolute Gasteiger partial charge is 0.327 e. The summed E-state index contributed by atoms with van der Waals surface area (Å²) in [6, 6.07) is 0. The summed E-state index contributed by atoms with van der Waals surface area (Å²) in [5.74, 6) is -0.981. The van der Waals surface area contributed by atoms with Crippen LogP contribution in [0.4, 0.5) is 0 Å². The van der Waals surface area contributed by atoms with Crippen LogP contribution in [-0.4, -0.2) is 43.0 Å². The van der Waals surface area contributed by atoms with Crippen LogP contribution >= 0.6 is 0 Å². The summed E-state index contributed by atoms with van der Waals surface area (Å²) in [5.41, 5.74) is 0. The first-order valence-electron chi connectivity index (χ1n) is 4.04. The molecule has 82 valence electrons. The van der Waals surface area contributed by atoms with Crippen molar-refractivity contribution in [2.24, 2.45) is 0 Å². The van der Waals surface area contributed by atoms with E-state index in [1.165, 1.54) is 0 Å². The average Bonchev–Trinajstić information content (AvgIpc) is 1.83. The second kappa shape index (κ2) is 9.40. The first kappa shape index (κ1) is 19.4. The molecule has 0 aliphatic carbocycles. The zero-order chi connectivity index (χ0) is 11.1. The third-order valence-electron chi connectivity index (χ3n) is 0.702. The SMILES string of the molecule is C=CC(=O)O.CC(C)O[N+](C)(C)C.[Ti]. The molecular weight excluding hydrogens is 218 g/mol. The Kier molecular flexibility index (Phi) is 13.0. The Labute approximate surface area is 101 Å². The number of quaternary nitrogens is 1. The molecule has 0 aliphatic heterocycles. The van der Waals surface area contributed by atoms with Gasteiger partial charge in [-0.25, -0.2) is 9.63 Å². The van der Waals surface area contributed by atoms with Crippen LogP contribution in [0, 0.1) is 0 Å². The Hall–Kier alpha value is -0.156. The van der Waals surface area contributed by atoms with E-state index in [-0.39, 0.29) is 21.7 Å². The molecule has 0 amide bonds. The molecule has 0 saturated heterocycles. The minimum Gasteiger partial charge on any atom is -0.478 e. The molecule has 0 aromatic heterocycles. The number of rotatable bonds is 3. The molecule has 0 spiro atoms. The molecule has 0 unspecified atom stereocenters. The minimum atomic E-state index is -0.981. The predicted octanol–water partition coefficient (Wildman–Crippen LogP) is 1.29. The second-order valence-electron chi connectivity index (χ2n) is 3.59. The van der Waals surface area contributed by atoms with Gasteiger partial charge in [-0.2, -0.15) is 4.65 Å². The number of nitrogens with zero attached hydrogens (tertiary/aromatic N) is 1. The molecule has 0 radical (unpaired) electrons. The molecule has 1 N–H and O–H groups in total. The molecule has 0 aliphatic rings. The topological polar surface area (TPSA) is 46.5 Å². The number of hydrogen-bond acceptors (Lipinski definition) is 2. The molecule has 0 saturated carbocycles. The first-order chi connectivity index (χ1) is 5.69. The van der Waals surface area contributed by atoms with E-state index in [9.17, 15) is 4.79 Å². The van der Waals surface area contributed by atoms with E-state index in [1.54, 1.807) is 0 Å². The third-order valence-corrected chi connectivity index (χ3v) is 0.702.